The molecule has 0 fully saturated rings. The molecule has 0 unspecified atom stereocenters. The number of rotatable bonds is 3. The SMILES string of the molecule is NCC(=O)OCc1c[nH]cn1. The lowest BCUT2D eigenvalue weighted by Crippen LogP contribution is -2.16. The minimum atomic E-state index is -0.423. The summed E-state index contributed by atoms with van der Waals surface area (Å²) in [4.78, 5) is 17.1. The molecule has 1 aromatic rings. The summed E-state index contributed by atoms with van der Waals surface area (Å²) in [6, 6.07) is 0. The molecule has 0 amide bonds. The van der Waals surface area contributed by atoms with Gasteiger partial charge in [0.25, 0.3) is 0 Å². The number of hydrogen-bond donors (Lipinski definition) is 2. The molecule has 1 rings (SSSR count). The maximum absolute atomic E-state index is 10.5. The molecule has 0 radical (unpaired) electrons. The molecular formula is C6H9N3O2. The molecule has 1 aromatic heterocycles. The van der Waals surface area contributed by atoms with Crippen LogP contribution in [0.4, 0.5) is 0 Å². The van der Waals surface area contributed by atoms with Crippen molar-refractivity contribution in [2.24, 2.45) is 5.73 Å². The van der Waals surface area contributed by atoms with E-state index in [0.29, 0.717) is 5.69 Å². The van der Waals surface area contributed by atoms with Gasteiger partial charge < -0.3 is 15.5 Å². The van der Waals surface area contributed by atoms with Crippen molar-refractivity contribution in [1.82, 2.24) is 9.97 Å². The minimum Gasteiger partial charge on any atom is -0.458 e. The van der Waals surface area contributed by atoms with Crippen LogP contribution in [0.5, 0.6) is 0 Å². The molecule has 0 spiro atoms. The average Bonchev–Trinajstić information content (AvgIpc) is 2.52. The number of aromatic nitrogens is 2. The first kappa shape index (κ1) is 7.74. The van der Waals surface area contributed by atoms with Crippen molar-refractivity contribution in [2.75, 3.05) is 6.54 Å². The van der Waals surface area contributed by atoms with Crippen molar-refractivity contribution >= 4 is 5.97 Å². The van der Waals surface area contributed by atoms with Crippen molar-refractivity contribution in [2.45, 2.75) is 6.61 Å². The third kappa shape index (κ3) is 2.38. The fraction of sp³-hybridized carbons (Fsp3) is 0.333. The molecule has 5 heteroatoms. The first-order valence-electron chi connectivity index (χ1n) is 3.16. The van der Waals surface area contributed by atoms with Crippen molar-refractivity contribution in [3.8, 4) is 0 Å². The maximum Gasteiger partial charge on any atom is 0.320 e. The van der Waals surface area contributed by atoms with Gasteiger partial charge >= 0.3 is 5.97 Å². The predicted molar refractivity (Wildman–Crippen MR) is 37.4 cm³/mol. The van der Waals surface area contributed by atoms with Crippen LogP contribution in [0.1, 0.15) is 5.69 Å². The molecule has 0 saturated carbocycles. The zero-order chi connectivity index (χ0) is 8.10. The normalized spacial score (nSPS) is 9.55. The number of H-pyrrole nitrogens is 1. The number of imidazole rings is 1. The van der Waals surface area contributed by atoms with Crippen molar-refractivity contribution in [3.63, 3.8) is 0 Å². The number of esters is 1. The van der Waals surface area contributed by atoms with Gasteiger partial charge in [0, 0.05) is 6.20 Å². The summed E-state index contributed by atoms with van der Waals surface area (Å²) in [6.07, 6.45) is 3.18. The molecule has 0 aliphatic heterocycles. The van der Waals surface area contributed by atoms with E-state index in [9.17, 15) is 4.79 Å². The van der Waals surface area contributed by atoms with E-state index in [2.05, 4.69) is 14.7 Å². The highest BCUT2D eigenvalue weighted by Crippen LogP contribution is 1.93. The van der Waals surface area contributed by atoms with E-state index < -0.39 is 5.97 Å². The topological polar surface area (TPSA) is 81.0 Å². The highest BCUT2D eigenvalue weighted by Gasteiger charge is 1.99. The third-order valence-electron chi connectivity index (χ3n) is 1.10. The van der Waals surface area contributed by atoms with Gasteiger partial charge in [-0.15, -0.1) is 0 Å². The second-order valence-electron chi connectivity index (χ2n) is 1.93. The highest BCUT2D eigenvalue weighted by molar-refractivity contribution is 5.71. The number of nitrogens with zero attached hydrogens (tertiary/aromatic N) is 1. The Morgan fingerprint density at radius 1 is 1.82 bits per heavy atom. The van der Waals surface area contributed by atoms with Crippen LogP contribution in [-0.2, 0) is 16.1 Å². The van der Waals surface area contributed by atoms with Gasteiger partial charge in [0.15, 0.2) is 0 Å². The molecule has 0 atom stereocenters. The lowest BCUT2D eigenvalue weighted by Gasteiger charge is -1.98. The second-order valence-corrected chi connectivity index (χ2v) is 1.93. The van der Waals surface area contributed by atoms with E-state index in [0.717, 1.165) is 0 Å². The van der Waals surface area contributed by atoms with Crippen molar-refractivity contribution in [3.05, 3.63) is 18.2 Å². The maximum atomic E-state index is 10.5. The predicted octanol–water partition coefficient (Wildman–Crippen LogP) is -0.588. The Bertz CT molecular complexity index is 220. The number of nitrogens with one attached hydrogen (secondary N) is 1. The van der Waals surface area contributed by atoms with Crippen molar-refractivity contribution in [1.29, 1.82) is 0 Å². The van der Waals surface area contributed by atoms with Gasteiger partial charge in [-0.3, -0.25) is 4.79 Å². The Kier molecular flexibility index (Phi) is 2.62. The van der Waals surface area contributed by atoms with Gasteiger partial charge in [-0.2, -0.15) is 0 Å². The first-order valence-corrected chi connectivity index (χ1v) is 3.16. The van der Waals surface area contributed by atoms with E-state index in [1.165, 1.54) is 6.33 Å². The number of aromatic amines is 1. The van der Waals surface area contributed by atoms with E-state index in [-0.39, 0.29) is 13.2 Å². The third-order valence-corrected chi connectivity index (χ3v) is 1.10. The van der Waals surface area contributed by atoms with Gasteiger partial charge in [-0.1, -0.05) is 0 Å². The lowest BCUT2D eigenvalue weighted by molar-refractivity contribution is -0.143. The summed E-state index contributed by atoms with van der Waals surface area (Å²) >= 11 is 0. The zero-order valence-electron chi connectivity index (χ0n) is 5.91. The highest BCUT2D eigenvalue weighted by atomic mass is 16.5. The summed E-state index contributed by atoms with van der Waals surface area (Å²) in [5.74, 6) is -0.423. The largest absolute Gasteiger partial charge is 0.458 e. The van der Waals surface area contributed by atoms with E-state index in [1.54, 1.807) is 6.20 Å². The zero-order valence-corrected chi connectivity index (χ0v) is 5.91. The van der Waals surface area contributed by atoms with Crippen LogP contribution in [0.3, 0.4) is 0 Å². The van der Waals surface area contributed by atoms with E-state index in [4.69, 9.17) is 5.73 Å². The molecule has 60 valence electrons. The van der Waals surface area contributed by atoms with Crippen LogP contribution in [0, 0.1) is 0 Å². The molecule has 0 aromatic carbocycles. The average molecular weight is 155 g/mol. The second kappa shape index (κ2) is 3.72. The monoisotopic (exact) mass is 155 g/mol. The van der Waals surface area contributed by atoms with Gasteiger partial charge in [0.05, 0.1) is 18.6 Å². The molecule has 1 heterocycles. The van der Waals surface area contributed by atoms with E-state index in [1.807, 2.05) is 0 Å². The smallest absolute Gasteiger partial charge is 0.320 e. The number of carbonyl (C=O) groups is 1. The minimum absolute atomic E-state index is 0.0928. The molecule has 11 heavy (non-hydrogen) atoms. The molecule has 0 saturated heterocycles. The van der Waals surface area contributed by atoms with Gasteiger partial charge in [0.1, 0.15) is 6.61 Å². The Labute approximate surface area is 63.6 Å². The van der Waals surface area contributed by atoms with Crippen LogP contribution in [-0.4, -0.2) is 22.5 Å². The first-order chi connectivity index (χ1) is 5.33. The van der Waals surface area contributed by atoms with Crippen LogP contribution < -0.4 is 5.73 Å². The summed E-state index contributed by atoms with van der Waals surface area (Å²) in [7, 11) is 0. The molecule has 5 nitrogen and oxygen atoms in total. The quantitative estimate of drug-likeness (QED) is 0.572. The van der Waals surface area contributed by atoms with Crippen LogP contribution in [0.25, 0.3) is 0 Å². The number of ether oxygens (including phenoxy) is 1. The molecule has 0 aliphatic carbocycles. The Hall–Kier alpha value is -1.36. The Balaban J connectivity index is 2.29. The molecular weight excluding hydrogens is 146 g/mol. The Morgan fingerprint density at radius 2 is 2.64 bits per heavy atom. The van der Waals surface area contributed by atoms with Crippen LogP contribution in [0.2, 0.25) is 0 Å². The number of carbonyl (C=O) groups excluding carboxylic acids is 1. The van der Waals surface area contributed by atoms with Gasteiger partial charge in [0.2, 0.25) is 0 Å². The lowest BCUT2D eigenvalue weighted by atomic mass is 10.5. The fourth-order valence-corrected chi connectivity index (χ4v) is 0.583. The fourth-order valence-electron chi connectivity index (χ4n) is 0.583. The summed E-state index contributed by atoms with van der Waals surface area (Å²) < 4.78 is 4.69. The molecule has 0 bridgehead atoms. The van der Waals surface area contributed by atoms with Gasteiger partial charge in [-0.25, -0.2) is 4.98 Å². The summed E-state index contributed by atoms with van der Waals surface area (Å²) in [5.41, 5.74) is 5.70. The molecule has 0 aliphatic rings. The van der Waals surface area contributed by atoms with Gasteiger partial charge in [-0.05, 0) is 0 Å². The molecule has 3 N–H and O–H groups in total. The van der Waals surface area contributed by atoms with E-state index >= 15 is 0 Å². The Morgan fingerprint density at radius 3 is 3.18 bits per heavy atom. The number of hydrogen-bond acceptors (Lipinski definition) is 4. The summed E-state index contributed by atoms with van der Waals surface area (Å²) in [6.45, 7) is 0.0873. The van der Waals surface area contributed by atoms with Crippen molar-refractivity contribution < 1.29 is 9.53 Å². The van der Waals surface area contributed by atoms with Crippen LogP contribution in [0.15, 0.2) is 12.5 Å². The van der Waals surface area contributed by atoms with Crippen LogP contribution >= 0.6 is 0 Å². The summed E-state index contributed by atoms with van der Waals surface area (Å²) in [5, 5.41) is 0. The standard InChI is InChI=1S/C6H9N3O2/c7-1-6(10)11-3-5-2-8-4-9-5/h2,4H,1,3,7H2,(H,8,9). The number of nitrogens with two attached hydrogens (primary N) is 1.